The molecular weight excluding hydrogens is 358 g/mol. The molecule has 8 heteroatoms. The van der Waals surface area contributed by atoms with Gasteiger partial charge in [0.1, 0.15) is 19.3 Å². The number of nitrogens with zero attached hydrogens (tertiary/aromatic N) is 5. The van der Waals surface area contributed by atoms with E-state index in [2.05, 4.69) is 10.2 Å². The number of amides is 2. The van der Waals surface area contributed by atoms with Crippen molar-refractivity contribution in [1.82, 2.24) is 19.7 Å². The van der Waals surface area contributed by atoms with Crippen LogP contribution in [0.4, 0.5) is 10.5 Å². The summed E-state index contributed by atoms with van der Waals surface area (Å²) in [5, 5.41) is 7.68. The number of ether oxygens (including phenoxy) is 1. The molecule has 148 valence electrons. The maximum absolute atomic E-state index is 12.8. The molecule has 2 heterocycles. The number of hydrogen-bond acceptors (Lipinski definition) is 5. The maximum atomic E-state index is 12.8. The maximum Gasteiger partial charge on any atom is 0.414 e. The molecule has 1 aromatic carbocycles. The van der Waals surface area contributed by atoms with E-state index >= 15 is 0 Å². The first-order valence-electron chi connectivity index (χ1n) is 9.67. The Morgan fingerprint density at radius 2 is 2.07 bits per heavy atom. The standard InChI is InChI=1S/C20H25N5O3/c1-14(16-4-3-5-17(11-16)25-6-7-28-20(25)27)23(2)19(26)10-15-8-18(9-15)24-12-21-22-13-24/h3-5,11-15,18H,6-10H2,1-2H3. The molecule has 1 unspecified atom stereocenters. The summed E-state index contributed by atoms with van der Waals surface area (Å²) in [6.07, 6.45) is 5.68. The molecular formula is C20H25N5O3. The minimum absolute atomic E-state index is 0.0696. The van der Waals surface area contributed by atoms with Crippen molar-refractivity contribution in [3.05, 3.63) is 42.5 Å². The minimum atomic E-state index is -0.318. The Kier molecular flexibility index (Phi) is 5.02. The highest BCUT2D eigenvalue weighted by Gasteiger charge is 2.33. The van der Waals surface area contributed by atoms with E-state index in [0.29, 0.717) is 31.5 Å². The third-order valence-corrected chi connectivity index (χ3v) is 5.93. The normalized spacial score (nSPS) is 22.5. The summed E-state index contributed by atoms with van der Waals surface area (Å²) < 4.78 is 7.03. The molecule has 0 bridgehead atoms. The van der Waals surface area contributed by atoms with Gasteiger partial charge < -0.3 is 14.2 Å². The van der Waals surface area contributed by atoms with Crippen molar-refractivity contribution in [1.29, 1.82) is 0 Å². The summed E-state index contributed by atoms with van der Waals surface area (Å²) in [5.74, 6) is 0.547. The molecule has 28 heavy (non-hydrogen) atoms. The molecule has 1 aromatic heterocycles. The minimum Gasteiger partial charge on any atom is -0.447 e. The Morgan fingerprint density at radius 3 is 2.75 bits per heavy atom. The molecule has 8 nitrogen and oxygen atoms in total. The fourth-order valence-corrected chi connectivity index (χ4v) is 3.92. The van der Waals surface area contributed by atoms with E-state index in [1.165, 1.54) is 0 Å². The van der Waals surface area contributed by atoms with Crippen molar-refractivity contribution in [3.8, 4) is 0 Å². The molecule has 2 fully saturated rings. The first kappa shape index (κ1) is 18.5. The SMILES string of the molecule is CC(c1cccc(N2CCOC2=O)c1)N(C)C(=O)CC1CC(n2cnnc2)C1. The number of cyclic esters (lactones) is 1. The summed E-state index contributed by atoms with van der Waals surface area (Å²) in [6, 6.07) is 8.11. The summed E-state index contributed by atoms with van der Waals surface area (Å²) in [7, 11) is 1.85. The van der Waals surface area contributed by atoms with Gasteiger partial charge in [0.2, 0.25) is 5.91 Å². The molecule has 1 aliphatic heterocycles. The molecule has 0 spiro atoms. The van der Waals surface area contributed by atoms with Gasteiger partial charge in [-0.1, -0.05) is 12.1 Å². The molecule has 1 atom stereocenters. The van der Waals surface area contributed by atoms with Gasteiger partial charge in [-0.2, -0.15) is 0 Å². The van der Waals surface area contributed by atoms with Crippen LogP contribution >= 0.6 is 0 Å². The first-order chi connectivity index (χ1) is 13.5. The Morgan fingerprint density at radius 1 is 1.32 bits per heavy atom. The van der Waals surface area contributed by atoms with Crippen LogP contribution < -0.4 is 4.90 Å². The predicted octanol–water partition coefficient (Wildman–Crippen LogP) is 2.80. The third-order valence-electron chi connectivity index (χ3n) is 5.93. The van der Waals surface area contributed by atoms with E-state index in [9.17, 15) is 9.59 Å². The molecule has 2 aromatic rings. The van der Waals surface area contributed by atoms with E-state index in [1.54, 1.807) is 22.5 Å². The summed E-state index contributed by atoms with van der Waals surface area (Å²) >= 11 is 0. The van der Waals surface area contributed by atoms with Gasteiger partial charge in [0, 0.05) is 25.2 Å². The fraction of sp³-hybridized carbons (Fsp3) is 0.500. The highest BCUT2D eigenvalue weighted by Crippen LogP contribution is 2.40. The number of carbonyl (C=O) groups excluding carboxylic acids is 2. The van der Waals surface area contributed by atoms with Gasteiger partial charge in [0.05, 0.1) is 12.6 Å². The molecule has 1 saturated carbocycles. The Balaban J connectivity index is 1.34. The van der Waals surface area contributed by atoms with Crippen LogP contribution in [0.5, 0.6) is 0 Å². The lowest BCUT2D eigenvalue weighted by molar-refractivity contribution is -0.133. The second-order valence-electron chi connectivity index (χ2n) is 7.65. The summed E-state index contributed by atoms with van der Waals surface area (Å²) in [5.41, 5.74) is 1.81. The van der Waals surface area contributed by atoms with Gasteiger partial charge >= 0.3 is 6.09 Å². The van der Waals surface area contributed by atoms with Crippen molar-refractivity contribution in [2.75, 3.05) is 25.1 Å². The zero-order chi connectivity index (χ0) is 19.7. The van der Waals surface area contributed by atoms with E-state index in [4.69, 9.17) is 4.74 Å². The van der Waals surface area contributed by atoms with E-state index in [0.717, 1.165) is 24.1 Å². The summed E-state index contributed by atoms with van der Waals surface area (Å²) in [4.78, 5) is 28.0. The van der Waals surface area contributed by atoms with Crippen molar-refractivity contribution < 1.29 is 14.3 Å². The molecule has 1 aliphatic carbocycles. The van der Waals surface area contributed by atoms with Crippen molar-refractivity contribution >= 4 is 17.7 Å². The third kappa shape index (κ3) is 3.58. The number of hydrogen-bond donors (Lipinski definition) is 0. The van der Waals surface area contributed by atoms with Crippen LogP contribution in [0.15, 0.2) is 36.9 Å². The van der Waals surface area contributed by atoms with Crippen LogP contribution in [-0.4, -0.2) is 51.9 Å². The van der Waals surface area contributed by atoms with Gasteiger partial charge in [0.25, 0.3) is 0 Å². The monoisotopic (exact) mass is 383 g/mol. The lowest BCUT2D eigenvalue weighted by Gasteiger charge is -2.37. The van der Waals surface area contributed by atoms with Crippen LogP contribution in [0, 0.1) is 5.92 Å². The van der Waals surface area contributed by atoms with Crippen LogP contribution in [0.25, 0.3) is 0 Å². The van der Waals surface area contributed by atoms with Crippen LogP contribution in [0.1, 0.15) is 43.8 Å². The Hall–Kier alpha value is -2.90. The fourth-order valence-electron chi connectivity index (χ4n) is 3.92. The molecule has 2 aliphatic rings. The van der Waals surface area contributed by atoms with Crippen molar-refractivity contribution in [3.63, 3.8) is 0 Å². The van der Waals surface area contributed by atoms with Gasteiger partial charge in [-0.15, -0.1) is 10.2 Å². The van der Waals surface area contributed by atoms with E-state index in [-0.39, 0.29) is 18.0 Å². The average molecular weight is 383 g/mol. The quantitative estimate of drug-likeness (QED) is 0.766. The molecule has 2 amide bonds. The lowest BCUT2D eigenvalue weighted by Crippen LogP contribution is -2.35. The van der Waals surface area contributed by atoms with Gasteiger partial charge in [-0.3, -0.25) is 9.69 Å². The average Bonchev–Trinajstić information content (AvgIpc) is 3.34. The second kappa shape index (κ2) is 7.61. The number of aromatic nitrogens is 3. The van der Waals surface area contributed by atoms with Gasteiger partial charge in [-0.05, 0) is 43.4 Å². The van der Waals surface area contributed by atoms with Crippen LogP contribution in [0.3, 0.4) is 0 Å². The van der Waals surface area contributed by atoms with Gasteiger partial charge in [0.15, 0.2) is 0 Å². The number of carbonyl (C=O) groups is 2. The van der Waals surface area contributed by atoms with Crippen molar-refractivity contribution in [2.45, 2.75) is 38.3 Å². The highest BCUT2D eigenvalue weighted by molar-refractivity contribution is 5.89. The molecule has 1 saturated heterocycles. The number of benzene rings is 1. The first-order valence-corrected chi connectivity index (χ1v) is 9.67. The largest absolute Gasteiger partial charge is 0.447 e. The molecule has 0 N–H and O–H groups in total. The predicted molar refractivity (Wildman–Crippen MR) is 103 cm³/mol. The molecule has 4 rings (SSSR count). The second-order valence-corrected chi connectivity index (χ2v) is 7.65. The van der Waals surface area contributed by atoms with Gasteiger partial charge in [-0.25, -0.2) is 4.79 Å². The van der Waals surface area contributed by atoms with E-state index < -0.39 is 0 Å². The van der Waals surface area contributed by atoms with E-state index in [1.807, 2.05) is 42.8 Å². The lowest BCUT2D eigenvalue weighted by atomic mass is 9.78. The zero-order valence-electron chi connectivity index (χ0n) is 16.2. The smallest absolute Gasteiger partial charge is 0.414 e. The van der Waals surface area contributed by atoms with Crippen LogP contribution in [0.2, 0.25) is 0 Å². The molecule has 0 radical (unpaired) electrons. The van der Waals surface area contributed by atoms with Crippen LogP contribution in [-0.2, 0) is 9.53 Å². The zero-order valence-corrected chi connectivity index (χ0v) is 16.2. The Labute approximate surface area is 164 Å². The highest BCUT2D eigenvalue weighted by atomic mass is 16.6. The topological polar surface area (TPSA) is 80.6 Å². The summed E-state index contributed by atoms with van der Waals surface area (Å²) in [6.45, 7) is 2.98. The number of anilines is 1. The number of rotatable bonds is 6. The Bertz CT molecular complexity index is 847. The van der Waals surface area contributed by atoms with Crippen molar-refractivity contribution in [2.24, 2.45) is 5.92 Å².